The van der Waals surface area contributed by atoms with Gasteiger partial charge in [0, 0.05) is 37.3 Å². The van der Waals surface area contributed by atoms with Gasteiger partial charge in [0.15, 0.2) is 5.82 Å². The van der Waals surface area contributed by atoms with Crippen molar-refractivity contribution in [1.82, 2.24) is 25.0 Å². The zero-order chi connectivity index (χ0) is 24.2. The number of nitrogens with zero attached hydrogens (tertiary/aromatic N) is 4. The van der Waals surface area contributed by atoms with Gasteiger partial charge in [-0.15, -0.1) is 0 Å². The molecule has 1 fully saturated rings. The van der Waals surface area contributed by atoms with Crippen molar-refractivity contribution in [2.45, 2.75) is 38.5 Å². The minimum Gasteiger partial charge on any atom is -0.497 e. The maximum absolute atomic E-state index is 5.58. The summed E-state index contributed by atoms with van der Waals surface area (Å²) in [4.78, 5) is 9.54. The van der Waals surface area contributed by atoms with Gasteiger partial charge >= 0.3 is 0 Å². The topological polar surface area (TPSA) is 57.3 Å². The third-order valence-corrected chi connectivity index (χ3v) is 7.05. The first kappa shape index (κ1) is 23.3. The Bertz CT molecular complexity index is 1210. The summed E-state index contributed by atoms with van der Waals surface area (Å²) in [5, 5.41) is 6.94. The summed E-state index contributed by atoms with van der Waals surface area (Å²) in [7, 11) is 1.73. The van der Waals surface area contributed by atoms with Gasteiger partial charge < -0.3 is 4.74 Å². The van der Waals surface area contributed by atoms with Crippen molar-refractivity contribution in [1.29, 1.82) is 0 Å². The zero-order valence-electron chi connectivity index (χ0n) is 20.6. The number of benzene rings is 3. The highest BCUT2D eigenvalue weighted by molar-refractivity contribution is 5.55. The smallest absolute Gasteiger partial charge is 0.155 e. The fraction of sp³-hybridized carbons (Fsp3) is 0.310. The predicted octanol–water partition coefficient (Wildman–Crippen LogP) is 5.16. The summed E-state index contributed by atoms with van der Waals surface area (Å²) < 4.78 is 5.58. The number of rotatable bonds is 7. The van der Waals surface area contributed by atoms with Crippen LogP contribution in [0.2, 0.25) is 0 Å². The summed E-state index contributed by atoms with van der Waals surface area (Å²) in [6, 6.07) is 28.9. The maximum atomic E-state index is 5.58. The number of aromatic nitrogens is 3. The molecule has 0 saturated carbocycles. The van der Waals surface area contributed by atoms with Crippen LogP contribution in [-0.2, 0) is 6.54 Å². The van der Waals surface area contributed by atoms with E-state index in [0.717, 1.165) is 36.8 Å². The molecule has 6 heteroatoms. The average Bonchev–Trinajstić information content (AvgIpc) is 3.43. The molecule has 6 nitrogen and oxygen atoms in total. The molecule has 0 radical (unpaired) electrons. The van der Waals surface area contributed by atoms with Gasteiger partial charge in [-0.25, -0.2) is 4.98 Å². The number of hydrogen-bond donors (Lipinski definition) is 1. The molecular formula is C29H33N5O. The lowest BCUT2D eigenvalue weighted by molar-refractivity contribution is 0.0195. The van der Waals surface area contributed by atoms with E-state index in [-0.39, 0.29) is 6.04 Å². The molecule has 1 aliphatic rings. The highest BCUT2D eigenvalue weighted by Crippen LogP contribution is 2.35. The van der Waals surface area contributed by atoms with Gasteiger partial charge in [-0.1, -0.05) is 66.7 Å². The first-order valence-electron chi connectivity index (χ1n) is 12.3. The molecule has 0 aliphatic carbocycles. The second-order valence-electron chi connectivity index (χ2n) is 9.45. The van der Waals surface area contributed by atoms with Crippen LogP contribution in [0.3, 0.4) is 0 Å². The van der Waals surface area contributed by atoms with Crippen LogP contribution in [0, 0.1) is 0 Å². The number of piperazine rings is 1. The lowest BCUT2D eigenvalue weighted by atomic mass is 9.92. The molecule has 3 aromatic carbocycles. The van der Waals surface area contributed by atoms with Crippen LogP contribution in [0.4, 0.5) is 0 Å². The van der Waals surface area contributed by atoms with E-state index >= 15 is 0 Å². The summed E-state index contributed by atoms with van der Waals surface area (Å²) in [6.45, 7) is 7.68. The van der Waals surface area contributed by atoms with E-state index in [1.807, 2.05) is 6.07 Å². The SMILES string of the molecule is COc1cccc(C(c2ccc(-c3ncn[nH]3)cc2)N2CC(C)N(Cc3ccccc3)CC2C)c1. The van der Waals surface area contributed by atoms with Gasteiger partial charge in [0.2, 0.25) is 0 Å². The number of hydrogen-bond acceptors (Lipinski definition) is 5. The van der Waals surface area contributed by atoms with Gasteiger partial charge in [0.1, 0.15) is 12.1 Å². The molecule has 35 heavy (non-hydrogen) atoms. The Hall–Kier alpha value is -3.48. The number of nitrogens with one attached hydrogen (secondary N) is 1. The summed E-state index contributed by atoms with van der Waals surface area (Å²) in [5.41, 5.74) is 4.90. The van der Waals surface area contributed by atoms with Crippen molar-refractivity contribution in [3.8, 4) is 17.1 Å². The van der Waals surface area contributed by atoms with E-state index in [4.69, 9.17) is 4.74 Å². The van der Waals surface area contributed by atoms with Crippen LogP contribution in [0.1, 0.15) is 36.6 Å². The number of aromatic amines is 1. The Labute approximate surface area is 207 Å². The highest BCUT2D eigenvalue weighted by Gasteiger charge is 2.35. The van der Waals surface area contributed by atoms with Crippen LogP contribution in [0.25, 0.3) is 11.4 Å². The zero-order valence-corrected chi connectivity index (χ0v) is 20.6. The normalized spacial score (nSPS) is 20.0. The Morgan fingerprint density at radius 1 is 0.914 bits per heavy atom. The summed E-state index contributed by atoms with van der Waals surface area (Å²) in [6.07, 6.45) is 1.54. The van der Waals surface area contributed by atoms with Crippen molar-refractivity contribution in [2.24, 2.45) is 0 Å². The van der Waals surface area contributed by atoms with Crippen LogP contribution >= 0.6 is 0 Å². The molecule has 2 heterocycles. The van der Waals surface area contributed by atoms with Gasteiger partial charge in [0.05, 0.1) is 13.2 Å². The lowest BCUT2D eigenvalue weighted by Gasteiger charge is -2.47. The molecule has 5 rings (SSSR count). The van der Waals surface area contributed by atoms with Gasteiger partial charge in [0.25, 0.3) is 0 Å². The average molecular weight is 468 g/mol. The van der Waals surface area contributed by atoms with E-state index in [1.54, 1.807) is 13.4 Å². The van der Waals surface area contributed by atoms with E-state index in [2.05, 4.69) is 112 Å². The van der Waals surface area contributed by atoms with Crippen LogP contribution in [0.5, 0.6) is 5.75 Å². The summed E-state index contributed by atoms with van der Waals surface area (Å²) in [5.74, 6) is 1.67. The third-order valence-electron chi connectivity index (χ3n) is 7.05. The van der Waals surface area contributed by atoms with Crippen molar-refractivity contribution in [3.63, 3.8) is 0 Å². The first-order valence-corrected chi connectivity index (χ1v) is 12.3. The largest absolute Gasteiger partial charge is 0.497 e. The van der Waals surface area contributed by atoms with E-state index < -0.39 is 0 Å². The lowest BCUT2D eigenvalue weighted by Crippen LogP contribution is -2.56. The fourth-order valence-electron chi connectivity index (χ4n) is 5.18. The standard InChI is InChI=1S/C29H33N5O/c1-21-18-34(22(2)17-33(21)19-23-8-5-4-6-9-23)28(26-10-7-11-27(16-26)35-3)24-12-14-25(15-13-24)29-30-20-31-32-29/h4-16,20-22,28H,17-19H2,1-3H3,(H,30,31,32). The molecule has 1 aromatic heterocycles. The molecule has 0 bridgehead atoms. The second-order valence-corrected chi connectivity index (χ2v) is 9.45. The van der Waals surface area contributed by atoms with Crippen molar-refractivity contribution in [3.05, 3.63) is 102 Å². The molecule has 1 N–H and O–H groups in total. The van der Waals surface area contributed by atoms with Gasteiger partial charge in [-0.05, 0) is 42.7 Å². The Morgan fingerprint density at radius 2 is 1.71 bits per heavy atom. The van der Waals surface area contributed by atoms with Crippen LogP contribution in [-0.4, -0.2) is 57.3 Å². The Kier molecular flexibility index (Phi) is 6.93. The quantitative estimate of drug-likeness (QED) is 0.407. The summed E-state index contributed by atoms with van der Waals surface area (Å²) >= 11 is 0. The number of ether oxygens (including phenoxy) is 1. The molecule has 3 unspecified atom stereocenters. The first-order chi connectivity index (χ1) is 17.1. The number of H-pyrrole nitrogens is 1. The Morgan fingerprint density at radius 3 is 2.43 bits per heavy atom. The molecule has 0 amide bonds. The Balaban J connectivity index is 1.45. The predicted molar refractivity (Wildman–Crippen MR) is 139 cm³/mol. The van der Waals surface area contributed by atoms with E-state index in [1.165, 1.54) is 16.7 Å². The van der Waals surface area contributed by atoms with Crippen molar-refractivity contribution in [2.75, 3.05) is 20.2 Å². The third kappa shape index (κ3) is 5.14. The molecule has 3 atom stereocenters. The maximum Gasteiger partial charge on any atom is 0.155 e. The molecule has 4 aromatic rings. The van der Waals surface area contributed by atoms with Gasteiger partial charge in [-0.3, -0.25) is 14.9 Å². The van der Waals surface area contributed by atoms with E-state index in [0.29, 0.717) is 12.1 Å². The van der Waals surface area contributed by atoms with Crippen molar-refractivity contribution < 1.29 is 4.74 Å². The number of methoxy groups -OCH3 is 1. The molecular weight excluding hydrogens is 434 g/mol. The monoisotopic (exact) mass is 467 g/mol. The van der Waals surface area contributed by atoms with E-state index in [9.17, 15) is 0 Å². The molecule has 1 aliphatic heterocycles. The van der Waals surface area contributed by atoms with Crippen LogP contribution < -0.4 is 4.74 Å². The van der Waals surface area contributed by atoms with Gasteiger partial charge in [-0.2, -0.15) is 5.10 Å². The molecule has 1 saturated heterocycles. The molecule has 180 valence electrons. The minimum absolute atomic E-state index is 0.130. The molecule has 0 spiro atoms. The minimum atomic E-state index is 0.130. The van der Waals surface area contributed by atoms with Crippen LogP contribution in [0.15, 0.2) is 85.2 Å². The fourth-order valence-corrected chi connectivity index (χ4v) is 5.18. The highest BCUT2D eigenvalue weighted by atomic mass is 16.5. The van der Waals surface area contributed by atoms with Crippen molar-refractivity contribution >= 4 is 0 Å². The second kappa shape index (κ2) is 10.4.